The van der Waals surface area contributed by atoms with E-state index in [1.165, 1.54) is 11.0 Å². The molecule has 0 aliphatic carbocycles. The van der Waals surface area contributed by atoms with E-state index in [0.717, 1.165) is 0 Å². The van der Waals surface area contributed by atoms with Crippen molar-refractivity contribution in [3.8, 4) is 0 Å². The van der Waals surface area contributed by atoms with E-state index in [4.69, 9.17) is 22.4 Å². The van der Waals surface area contributed by atoms with Crippen molar-refractivity contribution in [1.29, 1.82) is 0 Å². The van der Waals surface area contributed by atoms with Gasteiger partial charge in [0.05, 0.1) is 0 Å². The number of hydrogen-bond donors (Lipinski definition) is 2. The molecule has 0 fully saturated rings. The number of aliphatic carboxylic acids is 1. The van der Waals surface area contributed by atoms with E-state index in [0.29, 0.717) is 11.5 Å². The number of pyridine rings is 1. The van der Waals surface area contributed by atoms with E-state index >= 15 is 0 Å². The first-order valence-electron chi connectivity index (χ1n) is 3.85. The fourth-order valence-electron chi connectivity index (χ4n) is 0.982. The van der Waals surface area contributed by atoms with Crippen LogP contribution in [0, 0.1) is 0 Å². The molecule has 0 aliphatic heterocycles. The van der Waals surface area contributed by atoms with Crippen molar-refractivity contribution < 1.29 is 9.90 Å². The SMILES string of the molecule is CN(CC(=O)O)c1cc(N)cc(Cl)n1. The number of nitrogens with zero attached hydrogens (tertiary/aromatic N) is 2. The molecule has 1 heterocycles. The largest absolute Gasteiger partial charge is 0.480 e. The van der Waals surface area contributed by atoms with Crippen LogP contribution in [0.25, 0.3) is 0 Å². The smallest absolute Gasteiger partial charge is 0.323 e. The quantitative estimate of drug-likeness (QED) is 0.731. The third-order valence-electron chi connectivity index (χ3n) is 1.57. The normalized spacial score (nSPS) is 9.86. The molecule has 1 rings (SSSR count). The predicted molar refractivity (Wildman–Crippen MR) is 54.6 cm³/mol. The van der Waals surface area contributed by atoms with Gasteiger partial charge in [-0.1, -0.05) is 11.6 Å². The summed E-state index contributed by atoms with van der Waals surface area (Å²) in [6, 6.07) is 3.06. The Morgan fingerprint density at radius 3 is 2.86 bits per heavy atom. The van der Waals surface area contributed by atoms with Gasteiger partial charge in [-0.05, 0) is 6.07 Å². The van der Waals surface area contributed by atoms with Gasteiger partial charge in [-0.2, -0.15) is 0 Å². The summed E-state index contributed by atoms with van der Waals surface area (Å²) in [7, 11) is 1.60. The van der Waals surface area contributed by atoms with Crippen LogP contribution < -0.4 is 10.6 Å². The van der Waals surface area contributed by atoms with Crippen molar-refractivity contribution in [2.45, 2.75) is 0 Å². The first-order valence-corrected chi connectivity index (χ1v) is 4.23. The Labute approximate surface area is 86.1 Å². The zero-order chi connectivity index (χ0) is 10.7. The minimum absolute atomic E-state index is 0.146. The van der Waals surface area contributed by atoms with E-state index in [1.807, 2.05) is 0 Å². The van der Waals surface area contributed by atoms with Gasteiger partial charge in [-0.3, -0.25) is 4.79 Å². The highest BCUT2D eigenvalue weighted by atomic mass is 35.5. The van der Waals surface area contributed by atoms with E-state index in [-0.39, 0.29) is 11.7 Å². The van der Waals surface area contributed by atoms with Crippen LogP contribution in [0.15, 0.2) is 12.1 Å². The molecule has 0 radical (unpaired) electrons. The maximum Gasteiger partial charge on any atom is 0.323 e. The molecule has 0 bridgehead atoms. The molecule has 0 amide bonds. The summed E-state index contributed by atoms with van der Waals surface area (Å²) < 4.78 is 0. The van der Waals surface area contributed by atoms with Gasteiger partial charge >= 0.3 is 5.97 Å². The Morgan fingerprint density at radius 1 is 1.71 bits per heavy atom. The maximum absolute atomic E-state index is 10.4. The van der Waals surface area contributed by atoms with Gasteiger partial charge in [0.25, 0.3) is 0 Å². The van der Waals surface area contributed by atoms with Crippen molar-refractivity contribution in [1.82, 2.24) is 4.98 Å². The van der Waals surface area contributed by atoms with Crippen LogP contribution in [0.3, 0.4) is 0 Å². The van der Waals surface area contributed by atoms with Gasteiger partial charge in [-0.25, -0.2) is 4.98 Å². The fraction of sp³-hybridized carbons (Fsp3) is 0.250. The number of carboxylic acid groups (broad SMARTS) is 1. The van der Waals surface area contributed by atoms with Crippen LogP contribution in [0.1, 0.15) is 0 Å². The lowest BCUT2D eigenvalue weighted by Gasteiger charge is -2.15. The van der Waals surface area contributed by atoms with Crippen LogP contribution >= 0.6 is 11.6 Å². The van der Waals surface area contributed by atoms with Gasteiger partial charge in [-0.15, -0.1) is 0 Å². The third kappa shape index (κ3) is 2.77. The standard InChI is InChI=1S/C8H10ClN3O2/c1-12(4-8(13)14)7-3-5(10)2-6(9)11-7/h2-3H,4H2,1H3,(H2,10,11)(H,13,14). The van der Waals surface area contributed by atoms with Crippen LogP contribution in [-0.4, -0.2) is 29.7 Å². The van der Waals surface area contributed by atoms with E-state index in [9.17, 15) is 4.79 Å². The summed E-state index contributed by atoms with van der Waals surface area (Å²) in [6.45, 7) is -0.146. The molecule has 1 aromatic heterocycles. The van der Waals surface area contributed by atoms with Crippen LogP contribution in [-0.2, 0) is 4.79 Å². The predicted octanol–water partition coefficient (Wildman–Crippen LogP) is 0.838. The summed E-state index contributed by atoms with van der Waals surface area (Å²) in [5.74, 6) is -0.495. The van der Waals surface area contributed by atoms with Crippen molar-refractivity contribution in [2.24, 2.45) is 0 Å². The minimum Gasteiger partial charge on any atom is -0.480 e. The highest BCUT2D eigenvalue weighted by molar-refractivity contribution is 6.29. The molecular formula is C8H10ClN3O2. The number of rotatable bonds is 3. The number of likely N-dealkylation sites (N-methyl/N-ethyl adjacent to an activating group) is 1. The molecular weight excluding hydrogens is 206 g/mol. The number of aromatic nitrogens is 1. The number of halogens is 1. The molecule has 76 valence electrons. The van der Waals surface area contributed by atoms with Gasteiger partial charge < -0.3 is 15.7 Å². The van der Waals surface area contributed by atoms with E-state index in [2.05, 4.69) is 4.98 Å². The molecule has 0 aliphatic rings. The van der Waals surface area contributed by atoms with Crippen molar-refractivity contribution in [3.05, 3.63) is 17.3 Å². The molecule has 6 heteroatoms. The molecule has 14 heavy (non-hydrogen) atoms. The maximum atomic E-state index is 10.4. The van der Waals surface area contributed by atoms with Gasteiger partial charge in [0, 0.05) is 18.8 Å². The highest BCUT2D eigenvalue weighted by Crippen LogP contribution is 2.18. The Kier molecular flexibility index (Phi) is 3.14. The summed E-state index contributed by atoms with van der Waals surface area (Å²) in [6.07, 6.45) is 0. The second-order valence-electron chi connectivity index (χ2n) is 2.83. The van der Waals surface area contributed by atoms with Crippen molar-refractivity contribution >= 4 is 29.1 Å². The average Bonchev–Trinajstić information content (AvgIpc) is 2.00. The lowest BCUT2D eigenvalue weighted by molar-refractivity contribution is -0.135. The first kappa shape index (κ1) is 10.6. The summed E-state index contributed by atoms with van der Waals surface area (Å²) >= 11 is 5.67. The van der Waals surface area contributed by atoms with Gasteiger partial charge in [0.2, 0.25) is 0 Å². The topological polar surface area (TPSA) is 79.5 Å². The number of nitrogen functional groups attached to an aromatic ring is 1. The molecule has 0 saturated carbocycles. The van der Waals surface area contributed by atoms with Crippen molar-refractivity contribution in [3.63, 3.8) is 0 Å². The zero-order valence-corrected chi connectivity index (χ0v) is 8.32. The molecule has 0 spiro atoms. The Morgan fingerprint density at radius 2 is 2.36 bits per heavy atom. The van der Waals surface area contributed by atoms with Crippen molar-refractivity contribution in [2.75, 3.05) is 24.2 Å². The number of carboxylic acids is 1. The number of hydrogen-bond acceptors (Lipinski definition) is 4. The van der Waals surface area contributed by atoms with Crippen LogP contribution in [0.2, 0.25) is 5.15 Å². The summed E-state index contributed by atoms with van der Waals surface area (Å²) in [5, 5.41) is 8.80. The third-order valence-corrected chi connectivity index (χ3v) is 1.76. The second kappa shape index (κ2) is 4.15. The van der Waals surface area contributed by atoms with Gasteiger partial charge in [0.15, 0.2) is 0 Å². The first-order chi connectivity index (χ1) is 6.49. The Bertz CT molecular complexity index is 336. The number of carbonyl (C=O) groups is 1. The molecule has 5 nitrogen and oxygen atoms in total. The lowest BCUT2D eigenvalue weighted by atomic mass is 10.4. The van der Waals surface area contributed by atoms with Crippen LogP contribution in [0.5, 0.6) is 0 Å². The van der Waals surface area contributed by atoms with E-state index < -0.39 is 5.97 Å². The average molecular weight is 216 g/mol. The Hall–Kier alpha value is -1.49. The second-order valence-corrected chi connectivity index (χ2v) is 3.22. The van der Waals surface area contributed by atoms with Crippen LogP contribution in [0.4, 0.5) is 11.5 Å². The Balaban J connectivity index is 2.89. The lowest BCUT2D eigenvalue weighted by Crippen LogP contribution is -2.26. The highest BCUT2D eigenvalue weighted by Gasteiger charge is 2.08. The number of nitrogens with two attached hydrogens (primary N) is 1. The minimum atomic E-state index is -0.937. The zero-order valence-electron chi connectivity index (χ0n) is 7.57. The summed E-state index contributed by atoms with van der Waals surface area (Å²) in [4.78, 5) is 15.8. The fourth-order valence-corrected chi connectivity index (χ4v) is 1.19. The van der Waals surface area contributed by atoms with E-state index in [1.54, 1.807) is 13.1 Å². The molecule has 3 N–H and O–H groups in total. The van der Waals surface area contributed by atoms with Gasteiger partial charge in [0.1, 0.15) is 17.5 Å². The molecule has 0 saturated heterocycles. The molecule has 0 unspecified atom stereocenters. The summed E-state index contributed by atoms with van der Waals surface area (Å²) in [5.41, 5.74) is 5.99. The number of anilines is 2. The monoisotopic (exact) mass is 215 g/mol. The molecule has 0 atom stereocenters. The molecule has 1 aromatic rings. The molecule has 0 aromatic carbocycles.